The predicted octanol–water partition coefficient (Wildman–Crippen LogP) is 1.80. The summed E-state index contributed by atoms with van der Waals surface area (Å²) in [5, 5.41) is 0. The number of methoxy groups -OCH3 is 1. The van der Waals surface area contributed by atoms with E-state index in [2.05, 4.69) is 18.6 Å². The maximum Gasteiger partial charge on any atom is 0.325 e. The zero-order valence-corrected chi connectivity index (χ0v) is 13.5. The van der Waals surface area contributed by atoms with Crippen molar-refractivity contribution >= 4 is 11.9 Å². The predicted molar refractivity (Wildman–Crippen MR) is 80.1 cm³/mol. The van der Waals surface area contributed by atoms with Crippen LogP contribution in [0.5, 0.6) is 0 Å². The van der Waals surface area contributed by atoms with E-state index in [1.807, 2.05) is 13.8 Å². The Labute approximate surface area is 122 Å². The molecule has 0 aliphatic carbocycles. The quantitative estimate of drug-likeness (QED) is 0.656. The number of carbonyl (C=O) groups excluding carboxylic acids is 2. The molecular formula is C15H30N2O3. The van der Waals surface area contributed by atoms with Crippen LogP contribution in [0.15, 0.2) is 0 Å². The average Bonchev–Trinajstić information content (AvgIpc) is 2.41. The molecule has 0 aromatic heterocycles. The number of nitrogens with zero attached hydrogens (tertiary/aromatic N) is 1. The molecule has 0 bridgehead atoms. The summed E-state index contributed by atoms with van der Waals surface area (Å²) in [7, 11) is 1.33. The summed E-state index contributed by atoms with van der Waals surface area (Å²) in [4.78, 5) is 25.4. The first-order valence-corrected chi connectivity index (χ1v) is 7.46. The van der Waals surface area contributed by atoms with Gasteiger partial charge in [-0.25, -0.2) is 0 Å². The van der Waals surface area contributed by atoms with Crippen molar-refractivity contribution in [2.24, 2.45) is 17.6 Å². The second-order valence-electron chi connectivity index (χ2n) is 5.71. The first-order chi connectivity index (χ1) is 9.35. The summed E-state index contributed by atoms with van der Waals surface area (Å²) in [6, 6.07) is -0.547. The number of nitrogens with two attached hydrogens (primary N) is 1. The maximum absolute atomic E-state index is 12.4. The van der Waals surface area contributed by atoms with Crippen molar-refractivity contribution in [2.75, 3.05) is 20.2 Å². The fourth-order valence-electron chi connectivity index (χ4n) is 2.15. The molecule has 0 saturated heterocycles. The highest BCUT2D eigenvalue weighted by molar-refractivity contribution is 5.85. The van der Waals surface area contributed by atoms with Crippen molar-refractivity contribution in [2.45, 2.75) is 53.0 Å². The van der Waals surface area contributed by atoms with Crippen LogP contribution in [0.25, 0.3) is 0 Å². The van der Waals surface area contributed by atoms with Crippen LogP contribution < -0.4 is 5.73 Å². The van der Waals surface area contributed by atoms with E-state index >= 15 is 0 Å². The molecule has 0 unspecified atom stereocenters. The first-order valence-electron chi connectivity index (χ1n) is 7.46. The Hall–Kier alpha value is -1.10. The van der Waals surface area contributed by atoms with E-state index in [1.54, 1.807) is 4.90 Å². The van der Waals surface area contributed by atoms with Crippen LogP contribution in [0.4, 0.5) is 0 Å². The molecule has 0 heterocycles. The van der Waals surface area contributed by atoms with Gasteiger partial charge in [0.1, 0.15) is 6.54 Å². The highest BCUT2D eigenvalue weighted by atomic mass is 16.5. The molecule has 0 saturated carbocycles. The van der Waals surface area contributed by atoms with Gasteiger partial charge >= 0.3 is 5.97 Å². The molecule has 1 amide bonds. The van der Waals surface area contributed by atoms with Crippen LogP contribution >= 0.6 is 0 Å². The zero-order valence-electron chi connectivity index (χ0n) is 13.5. The van der Waals surface area contributed by atoms with E-state index in [1.165, 1.54) is 7.11 Å². The molecule has 0 aliphatic rings. The van der Waals surface area contributed by atoms with Crippen LogP contribution in [-0.4, -0.2) is 43.0 Å². The van der Waals surface area contributed by atoms with Gasteiger partial charge in [-0.1, -0.05) is 40.5 Å². The van der Waals surface area contributed by atoms with E-state index in [9.17, 15) is 9.59 Å². The molecule has 0 radical (unpaired) electrons. The summed E-state index contributed by atoms with van der Waals surface area (Å²) in [5.74, 6) is 0.175. The molecule has 0 fully saturated rings. The third-order valence-electron chi connectivity index (χ3n) is 3.54. The van der Waals surface area contributed by atoms with Crippen LogP contribution in [0.3, 0.4) is 0 Å². The van der Waals surface area contributed by atoms with Crippen LogP contribution in [0.1, 0.15) is 47.0 Å². The number of carbonyl (C=O) groups is 2. The second kappa shape index (κ2) is 9.75. The van der Waals surface area contributed by atoms with Crippen LogP contribution in [-0.2, 0) is 14.3 Å². The number of esters is 1. The first kappa shape index (κ1) is 18.9. The number of hydrogen-bond acceptors (Lipinski definition) is 4. The summed E-state index contributed by atoms with van der Waals surface area (Å²) in [5.41, 5.74) is 5.95. The third kappa shape index (κ3) is 6.89. The number of amides is 1. The van der Waals surface area contributed by atoms with Crippen molar-refractivity contribution in [1.82, 2.24) is 4.90 Å². The lowest BCUT2D eigenvalue weighted by atomic mass is 10.0. The maximum atomic E-state index is 12.4. The van der Waals surface area contributed by atoms with Gasteiger partial charge in [0, 0.05) is 6.54 Å². The lowest BCUT2D eigenvalue weighted by Gasteiger charge is -2.28. The van der Waals surface area contributed by atoms with Crippen LogP contribution in [0, 0.1) is 11.8 Å². The summed E-state index contributed by atoms with van der Waals surface area (Å²) < 4.78 is 4.67. The topological polar surface area (TPSA) is 72.6 Å². The highest BCUT2D eigenvalue weighted by Crippen LogP contribution is 2.13. The van der Waals surface area contributed by atoms with Gasteiger partial charge in [-0.05, 0) is 18.3 Å². The highest BCUT2D eigenvalue weighted by Gasteiger charge is 2.25. The molecule has 20 heavy (non-hydrogen) atoms. The number of ether oxygens (including phenoxy) is 1. The molecule has 0 aromatic rings. The molecule has 5 nitrogen and oxygen atoms in total. The largest absolute Gasteiger partial charge is 0.468 e. The van der Waals surface area contributed by atoms with Crippen molar-refractivity contribution in [3.8, 4) is 0 Å². The van der Waals surface area contributed by atoms with Gasteiger partial charge in [-0.3, -0.25) is 9.59 Å². The monoisotopic (exact) mass is 286 g/mol. The second-order valence-corrected chi connectivity index (χ2v) is 5.71. The molecule has 0 rings (SSSR count). The fraction of sp³-hybridized carbons (Fsp3) is 0.867. The molecule has 118 valence electrons. The summed E-state index contributed by atoms with van der Waals surface area (Å²) in [6.07, 6.45) is 2.57. The SMILES string of the molecule is CCC(CC)CN(CC(=O)OC)C(=O)[C@@H](N)CC(C)C. The van der Waals surface area contributed by atoms with Gasteiger partial charge < -0.3 is 15.4 Å². The van der Waals surface area contributed by atoms with Gasteiger partial charge in [0.05, 0.1) is 13.2 Å². The molecule has 0 spiro atoms. The van der Waals surface area contributed by atoms with Gasteiger partial charge in [0.2, 0.25) is 5.91 Å². The van der Waals surface area contributed by atoms with Crippen molar-refractivity contribution in [3.63, 3.8) is 0 Å². The Balaban J connectivity index is 4.81. The van der Waals surface area contributed by atoms with E-state index in [-0.39, 0.29) is 12.5 Å². The van der Waals surface area contributed by atoms with Gasteiger partial charge in [-0.2, -0.15) is 0 Å². The Morgan fingerprint density at radius 1 is 1.20 bits per heavy atom. The normalized spacial score (nSPS) is 12.6. The Kier molecular flexibility index (Phi) is 9.21. The Morgan fingerprint density at radius 2 is 1.75 bits per heavy atom. The minimum atomic E-state index is -0.547. The third-order valence-corrected chi connectivity index (χ3v) is 3.54. The average molecular weight is 286 g/mol. The standard InChI is InChI=1S/C15H30N2O3/c1-6-12(7-2)9-17(10-14(18)20-5)15(19)13(16)8-11(3)4/h11-13H,6-10,16H2,1-5H3/t13-/m0/s1. The van der Waals surface area contributed by atoms with E-state index in [0.29, 0.717) is 24.8 Å². The van der Waals surface area contributed by atoms with Crippen molar-refractivity contribution in [1.29, 1.82) is 0 Å². The lowest BCUT2D eigenvalue weighted by Crippen LogP contribution is -2.48. The Bertz CT molecular complexity index is 301. The smallest absolute Gasteiger partial charge is 0.325 e. The zero-order chi connectivity index (χ0) is 15.7. The van der Waals surface area contributed by atoms with Gasteiger partial charge in [0.15, 0.2) is 0 Å². The van der Waals surface area contributed by atoms with Crippen molar-refractivity contribution < 1.29 is 14.3 Å². The number of rotatable bonds is 9. The minimum absolute atomic E-state index is 0.0162. The molecular weight excluding hydrogens is 256 g/mol. The van der Waals surface area contributed by atoms with E-state index in [0.717, 1.165) is 12.8 Å². The fourth-order valence-corrected chi connectivity index (χ4v) is 2.15. The molecule has 1 atom stereocenters. The Morgan fingerprint density at radius 3 is 2.15 bits per heavy atom. The van der Waals surface area contributed by atoms with Gasteiger partial charge in [0.25, 0.3) is 0 Å². The van der Waals surface area contributed by atoms with E-state index in [4.69, 9.17) is 5.73 Å². The summed E-state index contributed by atoms with van der Waals surface area (Å²) >= 11 is 0. The van der Waals surface area contributed by atoms with Crippen molar-refractivity contribution in [3.05, 3.63) is 0 Å². The van der Waals surface area contributed by atoms with Crippen LogP contribution in [0.2, 0.25) is 0 Å². The van der Waals surface area contributed by atoms with Gasteiger partial charge in [-0.15, -0.1) is 0 Å². The molecule has 5 heteroatoms. The molecule has 0 aliphatic heterocycles. The minimum Gasteiger partial charge on any atom is -0.468 e. The molecule has 2 N–H and O–H groups in total. The molecule has 0 aromatic carbocycles. The van der Waals surface area contributed by atoms with E-state index < -0.39 is 12.0 Å². The summed E-state index contributed by atoms with van der Waals surface area (Å²) in [6.45, 7) is 8.77. The number of hydrogen-bond donors (Lipinski definition) is 1. The lowest BCUT2D eigenvalue weighted by molar-refractivity contribution is -0.148.